The van der Waals surface area contributed by atoms with E-state index < -0.39 is 0 Å². The van der Waals surface area contributed by atoms with Crippen LogP contribution in [-0.4, -0.2) is 19.8 Å². The molecule has 0 radical (unpaired) electrons. The SMILES string of the molecule is NCCOCCC(c1ccccc1)c1ccccc1. The third kappa shape index (κ3) is 4.19. The molecule has 2 heteroatoms. The summed E-state index contributed by atoms with van der Waals surface area (Å²) in [6, 6.07) is 21.2. The first-order valence-electron chi connectivity index (χ1n) is 6.79. The van der Waals surface area contributed by atoms with Crippen LogP contribution in [0.5, 0.6) is 0 Å². The first-order valence-corrected chi connectivity index (χ1v) is 6.79. The molecule has 0 fully saturated rings. The molecule has 0 unspecified atom stereocenters. The molecule has 0 aliphatic carbocycles. The molecule has 2 N–H and O–H groups in total. The van der Waals surface area contributed by atoms with Gasteiger partial charge in [-0.25, -0.2) is 0 Å². The number of ether oxygens (including phenoxy) is 1. The minimum Gasteiger partial charge on any atom is -0.380 e. The molecule has 0 spiro atoms. The molecule has 100 valence electrons. The summed E-state index contributed by atoms with van der Waals surface area (Å²) in [7, 11) is 0. The standard InChI is InChI=1S/C17H21NO/c18-12-14-19-13-11-17(15-7-3-1-4-8-15)16-9-5-2-6-10-16/h1-10,17H,11-14,18H2. The highest BCUT2D eigenvalue weighted by Gasteiger charge is 2.13. The van der Waals surface area contributed by atoms with Crippen molar-refractivity contribution in [2.24, 2.45) is 5.73 Å². The van der Waals surface area contributed by atoms with Crippen molar-refractivity contribution in [2.45, 2.75) is 12.3 Å². The van der Waals surface area contributed by atoms with E-state index in [-0.39, 0.29) is 0 Å². The summed E-state index contributed by atoms with van der Waals surface area (Å²) in [5, 5.41) is 0. The molecule has 0 heterocycles. The van der Waals surface area contributed by atoms with Crippen molar-refractivity contribution < 1.29 is 4.74 Å². The van der Waals surface area contributed by atoms with Crippen LogP contribution in [0.4, 0.5) is 0 Å². The Morgan fingerprint density at radius 1 is 0.789 bits per heavy atom. The number of hydrogen-bond donors (Lipinski definition) is 1. The van der Waals surface area contributed by atoms with Crippen LogP contribution in [0.3, 0.4) is 0 Å². The van der Waals surface area contributed by atoms with Crippen LogP contribution in [0.1, 0.15) is 23.5 Å². The zero-order chi connectivity index (χ0) is 13.3. The first kappa shape index (κ1) is 13.8. The Morgan fingerprint density at radius 2 is 1.32 bits per heavy atom. The van der Waals surface area contributed by atoms with Gasteiger partial charge in [0.1, 0.15) is 0 Å². The fourth-order valence-corrected chi connectivity index (χ4v) is 2.28. The van der Waals surface area contributed by atoms with Crippen LogP contribution in [0.25, 0.3) is 0 Å². The predicted octanol–water partition coefficient (Wildman–Crippen LogP) is 3.18. The second-order valence-electron chi connectivity index (χ2n) is 4.56. The molecular weight excluding hydrogens is 234 g/mol. The van der Waals surface area contributed by atoms with E-state index in [9.17, 15) is 0 Å². The maximum atomic E-state index is 5.53. The lowest BCUT2D eigenvalue weighted by molar-refractivity contribution is 0.136. The average Bonchev–Trinajstić information content (AvgIpc) is 2.49. The summed E-state index contributed by atoms with van der Waals surface area (Å²) < 4.78 is 5.53. The third-order valence-corrected chi connectivity index (χ3v) is 3.22. The van der Waals surface area contributed by atoms with E-state index in [4.69, 9.17) is 10.5 Å². The van der Waals surface area contributed by atoms with Crippen molar-refractivity contribution in [3.63, 3.8) is 0 Å². The minimum atomic E-state index is 0.389. The second kappa shape index (κ2) is 7.72. The van der Waals surface area contributed by atoms with Gasteiger partial charge in [-0.2, -0.15) is 0 Å². The van der Waals surface area contributed by atoms with Gasteiger partial charge in [0.05, 0.1) is 6.61 Å². The lowest BCUT2D eigenvalue weighted by atomic mass is 9.89. The molecule has 0 saturated heterocycles. The van der Waals surface area contributed by atoms with Gasteiger partial charge in [-0.15, -0.1) is 0 Å². The quantitative estimate of drug-likeness (QED) is 0.771. The van der Waals surface area contributed by atoms with Gasteiger partial charge in [-0.05, 0) is 17.5 Å². The van der Waals surface area contributed by atoms with Crippen molar-refractivity contribution in [3.8, 4) is 0 Å². The Morgan fingerprint density at radius 3 is 1.79 bits per heavy atom. The minimum absolute atomic E-state index is 0.389. The van der Waals surface area contributed by atoms with Crippen molar-refractivity contribution in [1.29, 1.82) is 0 Å². The van der Waals surface area contributed by atoms with Gasteiger partial charge in [0.25, 0.3) is 0 Å². The lowest BCUT2D eigenvalue weighted by Crippen LogP contribution is -2.11. The van der Waals surface area contributed by atoms with Gasteiger partial charge in [-0.1, -0.05) is 60.7 Å². The molecule has 0 aliphatic heterocycles. The fourth-order valence-electron chi connectivity index (χ4n) is 2.28. The van der Waals surface area contributed by atoms with Gasteiger partial charge in [-0.3, -0.25) is 0 Å². The van der Waals surface area contributed by atoms with Crippen molar-refractivity contribution in [2.75, 3.05) is 19.8 Å². The van der Waals surface area contributed by atoms with E-state index in [0.717, 1.165) is 13.0 Å². The molecule has 2 rings (SSSR count). The molecule has 0 amide bonds. The Labute approximate surface area is 115 Å². The lowest BCUT2D eigenvalue weighted by Gasteiger charge is -2.18. The molecule has 0 aliphatic rings. The van der Waals surface area contributed by atoms with E-state index >= 15 is 0 Å². The maximum Gasteiger partial charge on any atom is 0.0588 e. The van der Waals surface area contributed by atoms with Crippen molar-refractivity contribution >= 4 is 0 Å². The number of nitrogens with two attached hydrogens (primary N) is 1. The fraction of sp³-hybridized carbons (Fsp3) is 0.294. The van der Waals surface area contributed by atoms with Crippen molar-refractivity contribution in [3.05, 3.63) is 71.8 Å². The molecule has 2 nitrogen and oxygen atoms in total. The van der Waals surface area contributed by atoms with Crippen LogP contribution in [0.15, 0.2) is 60.7 Å². The molecule has 0 saturated carbocycles. The van der Waals surface area contributed by atoms with Gasteiger partial charge in [0.15, 0.2) is 0 Å². The molecule has 2 aromatic carbocycles. The summed E-state index contributed by atoms with van der Waals surface area (Å²) >= 11 is 0. The monoisotopic (exact) mass is 255 g/mol. The Bertz CT molecular complexity index is 416. The van der Waals surface area contributed by atoms with Gasteiger partial charge in [0, 0.05) is 19.1 Å². The molecule has 0 aromatic heterocycles. The van der Waals surface area contributed by atoms with E-state index in [1.165, 1.54) is 11.1 Å². The highest BCUT2D eigenvalue weighted by atomic mass is 16.5. The normalized spacial score (nSPS) is 10.8. The molecule has 0 bridgehead atoms. The van der Waals surface area contributed by atoms with E-state index in [2.05, 4.69) is 60.7 Å². The van der Waals surface area contributed by atoms with Crippen LogP contribution < -0.4 is 5.73 Å². The highest BCUT2D eigenvalue weighted by molar-refractivity contribution is 5.32. The van der Waals surface area contributed by atoms with E-state index in [1.807, 2.05) is 0 Å². The summed E-state index contributed by atoms with van der Waals surface area (Å²) in [6.07, 6.45) is 0.980. The second-order valence-corrected chi connectivity index (χ2v) is 4.56. The van der Waals surface area contributed by atoms with E-state index in [0.29, 0.717) is 19.1 Å². The number of rotatable bonds is 7. The van der Waals surface area contributed by atoms with Crippen LogP contribution in [0.2, 0.25) is 0 Å². The van der Waals surface area contributed by atoms with Gasteiger partial charge in [0.2, 0.25) is 0 Å². The smallest absolute Gasteiger partial charge is 0.0588 e. The highest BCUT2D eigenvalue weighted by Crippen LogP contribution is 2.27. The summed E-state index contributed by atoms with van der Waals surface area (Å²) in [4.78, 5) is 0. The molecule has 2 aromatic rings. The van der Waals surface area contributed by atoms with E-state index in [1.54, 1.807) is 0 Å². The van der Waals surface area contributed by atoms with Crippen molar-refractivity contribution in [1.82, 2.24) is 0 Å². The average molecular weight is 255 g/mol. The van der Waals surface area contributed by atoms with Crippen LogP contribution in [-0.2, 0) is 4.74 Å². The summed E-state index contributed by atoms with van der Waals surface area (Å²) in [6.45, 7) is 1.96. The molecular formula is C17H21NO. The van der Waals surface area contributed by atoms with Gasteiger partial charge < -0.3 is 10.5 Å². The number of hydrogen-bond acceptors (Lipinski definition) is 2. The largest absolute Gasteiger partial charge is 0.380 e. The van der Waals surface area contributed by atoms with Gasteiger partial charge >= 0.3 is 0 Å². The Hall–Kier alpha value is -1.64. The zero-order valence-corrected chi connectivity index (χ0v) is 11.2. The topological polar surface area (TPSA) is 35.2 Å². The summed E-state index contributed by atoms with van der Waals surface area (Å²) in [5.41, 5.74) is 8.12. The Kier molecular flexibility index (Phi) is 5.60. The van der Waals surface area contributed by atoms with Crippen LogP contribution in [0, 0.1) is 0 Å². The Balaban J connectivity index is 2.10. The van der Waals surface area contributed by atoms with Crippen LogP contribution >= 0.6 is 0 Å². The molecule has 19 heavy (non-hydrogen) atoms. The molecule has 0 atom stereocenters. The third-order valence-electron chi connectivity index (χ3n) is 3.22. The zero-order valence-electron chi connectivity index (χ0n) is 11.2. The predicted molar refractivity (Wildman–Crippen MR) is 79.2 cm³/mol. The number of benzene rings is 2. The summed E-state index contributed by atoms with van der Waals surface area (Å²) in [5.74, 6) is 0.389. The first-order chi connectivity index (χ1) is 9.42. The maximum absolute atomic E-state index is 5.53.